The third kappa shape index (κ3) is 5.23. The third-order valence-electron chi connectivity index (χ3n) is 6.44. The summed E-state index contributed by atoms with van der Waals surface area (Å²) < 4.78 is 30.6. The molecule has 186 valence electrons. The zero-order valence-corrected chi connectivity index (χ0v) is 20.8. The van der Waals surface area contributed by atoms with Crippen molar-refractivity contribution in [1.29, 1.82) is 5.26 Å². The number of hydrogen-bond acceptors (Lipinski definition) is 8. The van der Waals surface area contributed by atoms with E-state index in [4.69, 9.17) is 20.0 Å². The monoisotopic (exact) mass is 498 g/mol. The second-order valence-corrected chi connectivity index (χ2v) is 11.4. The van der Waals surface area contributed by atoms with E-state index in [1.165, 1.54) is 0 Å². The van der Waals surface area contributed by atoms with E-state index < -0.39 is 20.6 Å². The average molecular weight is 499 g/mol. The van der Waals surface area contributed by atoms with Crippen molar-refractivity contribution in [1.82, 2.24) is 15.3 Å². The molecule has 1 aliphatic carbocycles. The molecule has 1 aromatic carbocycles. The van der Waals surface area contributed by atoms with Crippen LogP contribution >= 0.6 is 0 Å². The Morgan fingerprint density at radius 1 is 1.29 bits per heavy atom. The third-order valence-corrected chi connectivity index (χ3v) is 9.01. The largest absolute Gasteiger partial charge is 0.377 e. The molecular weight excluding hydrogens is 468 g/mol. The van der Waals surface area contributed by atoms with Gasteiger partial charge in [-0.15, -0.1) is 0 Å². The Morgan fingerprint density at radius 3 is 2.66 bits per heavy atom. The van der Waals surface area contributed by atoms with Gasteiger partial charge in [-0.05, 0) is 44.0 Å². The second-order valence-electron chi connectivity index (χ2n) is 8.82. The number of ether oxygens (including phenoxy) is 1. The van der Waals surface area contributed by atoms with Crippen LogP contribution in [-0.2, 0) is 19.3 Å². The first-order chi connectivity index (χ1) is 16.8. The Hall–Kier alpha value is -3.23. The molecule has 0 bridgehead atoms. The molecule has 2 aromatic rings. The molecule has 1 atom stereocenters. The maximum absolute atomic E-state index is 13.0. The number of urea groups is 1. The molecule has 0 radical (unpaired) electrons. The normalized spacial score (nSPS) is 19.0. The standard InChI is InChI=1S/C24H30N6O4S/c1-3-35(32,33)24(9-10-24)20-15-21(30-13-14-34-16-17(30)2)29-22(28-20)18-5-7-19(8-6-18)27-23(31)26-12-4-11-25/h5-8,15,17H,3-4,9-10,12-14,16H2,1-2H3,(H2,26,27,31)/t17-/m0/s1. The van der Waals surface area contributed by atoms with Crippen LogP contribution < -0.4 is 15.5 Å². The van der Waals surface area contributed by atoms with E-state index in [0.29, 0.717) is 61.2 Å². The van der Waals surface area contributed by atoms with Gasteiger partial charge in [0, 0.05) is 36.2 Å². The highest BCUT2D eigenvalue weighted by molar-refractivity contribution is 7.92. The van der Waals surface area contributed by atoms with Crippen LogP contribution in [-0.4, -0.2) is 62.5 Å². The number of morpholine rings is 1. The molecule has 10 nitrogen and oxygen atoms in total. The number of aromatic nitrogens is 2. The lowest BCUT2D eigenvalue weighted by molar-refractivity contribution is 0.0985. The topological polar surface area (TPSA) is 137 Å². The van der Waals surface area contributed by atoms with Crippen LogP contribution in [0.2, 0.25) is 0 Å². The number of amides is 2. The SMILES string of the molecule is CCS(=O)(=O)C1(c2cc(N3CCOC[C@@H]3C)nc(-c3ccc(NC(=O)NCCC#N)cc3)n2)CC1. The lowest BCUT2D eigenvalue weighted by Crippen LogP contribution is -2.44. The van der Waals surface area contributed by atoms with Crippen LogP contribution in [0.3, 0.4) is 0 Å². The summed E-state index contributed by atoms with van der Waals surface area (Å²) in [5, 5.41) is 13.9. The number of nitriles is 1. The Kier molecular flexibility index (Phi) is 7.23. The zero-order chi connectivity index (χ0) is 25.1. The Labute approximate surface area is 205 Å². The number of carbonyl (C=O) groups is 1. The molecule has 35 heavy (non-hydrogen) atoms. The summed E-state index contributed by atoms with van der Waals surface area (Å²) in [7, 11) is -3.34. The van der Waals surface area contributed by atoms with Gasteiger partial charge in [0.05, 0.1) is 37.4 Å². The van der Waals surface area contributed by atoms with Crippen molar-refractivity contribution in [3.05, 3.63) is 36.0 Å². The van der Waals surface area contributed by atoms with Crippen LogP contribution in [0.15, 0.2) is 30.3 Å². The smallest absolute Gasteiger partial charge is 0.319 e. The average Bonchev–Trinajstić information content (AvgIpc) is 3.68. The van der Waals surface area contributed by atoms with E-state index >= 15 is 0 Å². The number of rotatable bonds is 8. The molecule has 1 saturated heterocycles. The quantitative estimate of drug-likeness (QED) is 0.530. The molecule has 2 N–H and O–H groups in total. The van der Waals surface area contributed by atoms with E-state index in [1.54, 1.807) is 31.2 Å². The van der Waals surface area contributed by atoms with E-state index in [2.05, 4.69) is 22.5 Å². The number of anilines is 2. The molecule has 2 aliphatic rings. The maximum atomic E-state index is 13.0. The number of hydrogen-bond donors (Lipinski definition) is 2. The van der Waals surface area contributed by atoms with Crippen molar-refractivity contribution in [3.63, 3.8) is 0 Å². The van der Waals surface area contributed by atoms with Crippen molar-refractivity contribution < 1.29 is 17.9 Å². The molecule has 2 amide bonds. The summed E-state index contributed by atoms with van der Waals surface area (Å²) >= 11 is 0. The van der Waals surface area contributed by atoms with E-state index in [0.717, 1.165) is 0 Å². The van der Waals surface area contributed by atoms with Gasteiger partial charge in [-0.2, -0.15) is 5.26 Å². The first kappa shape index (κ1) is 24.9. The summed E-state index contributed by atoms with van der Waals surface area (Å²) in [6.45, 7) is 5.81. The lowest BCUT2D eigenvalue weighted by atomic mass is 10.1. The number of nitrogens with one attached hydrogen (secondary N) is 2. The van der Waals surface area contributed by atoms with Gasteiger partial charge >= 0.3 is 6.03 Å². The molecule has 4 rings (SSSR count). The van der Waals surface area contributed by atoms with Crippen LogP contribution in [0.4, 0.5) is 16.3 Å². The van der Waals surface area contributed by atoms with Crippen molar-refractivity contribution in [2.24, 2.45) is 0 Å². The zero-order valence-electron chi connectivity index (χ0n) is 20.0. The Morgan fingerprint density at radius 2 is 2.03 bits per heavy atom. The molecular formula is C24H30N6O4S. The highest BCUT2D eigenvalue weighted by atomic mass is 32.2. The van der Waals surface area contributed by atoms with Gasteiger partial charge in [-0.3, -0.25) is 0 Å². The van der Waals surface area contributed by atoms with Crippen molar-refractivity contribution in [2.75, 3.05) is 42.3 Å². The molecule has 1 aliphatic heterocycles. The minimum absolute atomic E-state index is 0.0619. The fraction of sp³-hybridized carbons (Fsp3) is 0.500. The van der Waals surface area contributed by atoms with Crippen LogP contribution in [0, 0.1) is 11.3 Å². The highest BCUT2D eigenvalue weighted by Gasteiger charge is 2.56. The predicted molar refractivity (Wildman–Crippen MR) is 133 cm³/mol. The first-order valence-corrected chi connectivity index (χ1v) is 13.4. The molecule has 0 spiro atoms. The lowest BCUT2D eigenvalue weighted by Gasteiger charge is -2.34. The van der Waals surface area contributed by atoms with Gasteiger partial charge in [0.1, 0.15) is 10.6 Å². The summed E-state index contributed by atoms with van der Waals surface area (Å²) in [6.07, 6.45) is 1.35. The molecule has 1 saturated carbocycles. The van der Waals surface area contributed by atoms with Gasteiger partial charge in [-0.1, -0.05) is 6.92 Å². The fourth-order valence-electron chi connectivity index (χ4n) is 4.24. The van der Waals surface area contributed by atoms with E-state index in [9.17, 15) is 13.2 Å². The molecule has 1 aromatic heterocycles. The number of carbonyl (C=O) groups excluding carboxylic acids is 1. The van der Waals surface area contributed by atoms with E-state index in [1.807, 2.05) is 12.1 Å². The van der Waals surface area contributed by atoms with Crippen molar-refractivity contribution in [3.8, 4) is 17.5 Å². The first-order valence-electron chi connectivity index (χ1n) is 11.8. The molecule has 0 unspecified atom stereocenters. The number of sulfone groups is 1. The van der Waals surface area contributed by atoms with E-state index in [-0.39, 0.29) is 24.8 Å². The second kappa shape index (κ2) is 10.2. The maximum Gasteiger partial charge on any atom is 0.319 e. The summed E-state index contributed by atoms with van der Waals surface area (Å²) in [6, 6.07) is 10.6. The van der Waals surface area contributed by atoms with Gasteiger partial charge in [0.15, 0.2) is 15.7 Å². The fourth-order valence-corrected chi connectivity index (χ4v) is 5.94. The van der Waals surface area contributed by atoms with Gasteiger partial charge in [-0.25, -0.2) is 23.2 Å². The minimum Gasteiger partial charge on any atom is -0.377 e. The van der Waals surface area contributed by atoms with Gasteiger partial charge in [0.2, 0.25) is 0 Å². The van der Waals surface area contributed by atoms with Crippen LogP contribution in [0.1, 0.15) is 38.8 Å². The molecule has 2 fully saturated rings. The summed E-state index contributed by atoms with van der Waals surface area (Å²) in [4.78, 5) is 23.6. The number of benzene rings is 1. The van der Waals surface area contributed by atoms with Gasteiger partial charge in [0.25, 0.3) is 0 Å². The van der Waals surface area contributed by atoms with Gasteiger partial charge < -0.3 is 20.3 Å². The Bertz CT molecular complexity index is 1220. The predicted octanol–water partition coefficient (Wildman–Crippen LogP) is 2.83. The summed E-state index contributed by atoms with van der Waals surface area (Å²) in [5.41, 5.74) is 1.83. The summed E-state index contributed by atoms with van der Waals surface area (Å²) in [5.74, 6) is 1.20. The minimum atomic E-state index is -3.34. The molecule has 11 heteroatoms. The number of nitrogens with zero attached hydrogens (tertiary/aromatic N) is 4. The van der Waals surface area contributed by atoms with Crippen LogP contribution in [0.25, 0.3) is 11.4 Å². The van der Waals surface area contributed by atoms with Crippen molar-refractivity contribution in [2.45, 2.75) is 43.9 Å². The Balaban J connectivity index is 1.66. The van der Waals surface area contributed by atoms with Crippen LogP contribution in [0.5, 0.6) is 0 Å². The highest BCUT2D eigenvalue weighted by Crippen LogP contribution is 2.53. The molecule has 2 heterocycles. The van der Waals surface area contributed by atoms with Crippen molar-refractivity contribution >= 4 is 27.4 Å².